The smallest absolute Gasteiger partial charge is 0.310 e. The zero-order valence-electron chi connectivity index (χ0n) is 14.4. The van der Waals surface area contributed by atoms with E-state index >= 15 is 0 Å². The number of ether oxygens (including phenoxy) is 1. The first-order valence-electron chi connectivity index (χ1n) is 7.97. The molecule has 2 aromatic carbocycles. The molecule has 3 aromatic rings. The number of rotatable bonds is 5. The summed E-state index contributed by atoms with van der Waals surface area (Å²) < 4.78 is 6.42. The Morgan fingerprint density at radius 2 is 1.81 bits per heavy atom. The summed E-state index contributed by atoms with van der Waals surface area (Å²) in [6, 6.07) is 15.7. The molecule has 0 spiro atoms. The molecular formula is C19H17N3O4. The molecule has 0 saturated carbocycles. The summed E-state index contributed by atoms with van der Waals surface area (Å²) in [5.41, 5.74) is 2.85. The average molecular weight is 351 g/mol. The number of nitrogens with zero attached hydrogens (tertiary/aromatic N) is 3. The first-order valence-corrected chi connectivity index (χ1v) is 7.97. The maximum Gasteiger partial charge on any atom is 0.310 e. The lowest BCUT2D eigenvalue weighted by atomic mass is 10.0. The minimum absolute atomic E-state index is 0.0173. The fourth-order valence-electron chi connectivity index (χ4n) is 2.85. The molecule has 0 atom stereocenters. The van der Waals surface area contributed by atoms with E-state index in [0.717, 1.165) is 5.69 Å². The summed E-state index contributed by atoms with van der Waals surface area (Å²) in [5.74, 6) is -0.430. The molecule has 0 aliphatic heterocycles. The monoisotopic (exact) mass is 351 g/mol. The van der Waals surface area contributed by atoms with Crippen LogP contribution in [-0.2, 0) is 16.0 Å². The highest BCUT2D eigenvalue weighted by molar-refractivity contribution is 5.81. The number of hydrogen-bond donors (Lipinski definition) is 0. The van der Waals surface area contributed by atoms with Crippen molar-refractivity contribution in [3.8, 4) is 16.9 Å². The number of methoxy groups -OCH3 is 1. The normalized spacial score (nSPS) is 10.5. The van der Waals surface area contributed by atoms with E-state index in [1.165, 1.54) is 13.2 Å². The van der Waals surface area contributed by atoms with Crippen molar-refractivity contribution in [2.45, 2.75) is 13.3 Å². The molecule has 0 aliphatic rings. The van der Waals surface area contributed by atoms with Gasteiger partial charge in [-0.2, -0.15) is 5.10 Å². The number of hydrogen-bond acceptors (Lipinski definition) is 5. The number of aryl methyl sites for hydroxylation is 1. The number of aromatic nitrogens is 2. The number of carbonyl (C=O) groups excluding carboxylic acids is 1. The van der Waals surface area contributed by atoms with E-state index in [9.17, 15) is 14.9 Å². The van der Waals surface area contributed by atoms with Crippen LogP contribution >= 0.6 is 0 Å². The molecule has 0 bridgehead atoms. The number of esters is 1. The van der Waals surface area contributed by atoms with Gasteiger partial charge in [-0.25, -0.2) is 4.68 Å². The van der Waals surface area contributed by atoms with E-state index < -0.39 is 10.9 Å². The highest BCUT2D eigenvalue weighted by Crippen LogP contribution is 2.35. The number of para-hydroxylation sites is 2. The minimum Gasteiger partial charge on any atom is -0.469 e. The van der Waals surface area contributed by atoms with Gasteiger partial charge in [-0.3, -0.25) is 14.9 Å². The lowest BCUT2D eigenvalue weighted by molar-refractivity contribution is -0.384. The molecule has 7 nitrogen and oxygen atoms in total. The van der Waals surface area contributed by atoms with Crippen molar-refractivity contribution in [3.63, 3.8) is 0 Å². The van der Waals surface area contributed by atoms with Crippen molar-refractivity contribution in [1.29, 1.82) is 0 Å². The van der Waals surface area contributed by atoms with Crippen LogP contribution in [0.3, 0.4) is 0 Å². The van der Waals surface area contributed by atoms with Crippen LogP contribution in [0.1, 0.15) is 11.3 Å². The first kappa shape index (κ1) is 17.3. The summed E-state index contributed by atoms with van der Waals surface area (Å²) >= 11 is 0. The third-order valence-corrected chi connectivity index (χ3v) is 4.09. The van der Waals surface area contributed by atoms with Crippen molar-refractivity contribution in [2.24, 2.45) is 0 Å². The predicted molar refractivity (Wildman–Crippen MR) is 96.1 cm³/mol. The topological polar surface area (TPSA) is 87.3 Å². The molecule has 3 rings (SSSR count). The lowest BCUT2D eigenvalue weighted by Crippen LogP contribution is -2.07. The van der Waals surface area contributed by atoms with E-state index in [-0.39, 0.29) is 12.1 Å². The van der Waals surface area contributed by atoms with Gasteiger partial charge in [0.15, 0.2) is 0 Å². The molecular weight excluding hydrogens is 334 g/mol. The largest absolute Gasteiger partial charge is 0.469 e. The van der Waals surface area contributed by atoms with Crippen LogP contribution in [0.25, 0.3) is 16.9 Å². The van der Waals surface area contributed by atoms with Gasteiger partial charge in [-0.15, -0.1) is 0 Å². The van der Waals surface area contributed by atoms with Gasteiger partial charge in [0.1, 0.15) is 0 Å². The fourth-order valence-corrected chi connectivity index (χ4v) is 2.85. The Bertz CT molecular complexity index is 964. The fraction of sp³-hybridized carbons (Fsp3) is 0.158. The van der Waals surface area contributed by atoms with E-state index in [4.69, 9.17) is 4.74 Å². The van der Waals surface area contributed by atoms with Gasteiger partial charge in [-0.1, -0.05) is 30.3 Å². The van der Waals surface area contributed by atoms with Gasteiger partial charge in [0.25, 0.3) is 5.69 Å². The van der Waals surface area contributed by atoms with Gasteiger partial charge in [0.2, 0.25) is 0 Å². The molecule has 26 heavy (non-hydrogen) atoms. The Kier molecular flexibility index (Phi) is 4.79. The Hall–Kier alpha value is -3.48. The summed E-state index contributed by atoms with van der Waals surface area (Å²) in [6.45, 7) is 1.77. The number of nitro groups is 1. The Balaban J connectivity index is 2.31. The van der Waals surface area contributed by atoms with Crippen LogP contribution < -0.4 is 0 Å². The summed E-state index contributed by atoms with van der Waals surface area (Å²) in [4.78, 5) is 23.0. The number of carbonyl (C=O) groups is 1. The molecule has 0 aliphatic carbocycles. The van der Waals surface area contributed by atoms with Crippen molar-refractivity contribution in [3.05, 3.63) is 76.0 Å². The zero-order valence-corrected chi connectivity index (χ0v) is 14.4. The van der Waals surface area contributed by atoms with Crippen LogP contribution in [0.4, 0.5) is 5.69 Å². The first-order chi connectivity index (χ1) is 12.5. The molecule has 1 aromatic heterocycles. The Morgan fingerprint density at radius 3 is 2.46 bits per heavy atom. The second-order valence-electron chi connectivity index (χ2n) is 5.69. The zero-order chi connectivity index (χ0) is 18.7. The average Bonchev–Trinajstić information content (AvgIpc) is 2.98. The molecule has 0 saturated heterocycles. The molecule has 0 radical (unpaired) electrons. The molecule has 0 N–H and O–H groups in total. The second kappa shape index (κ2) is 7.18. The molecule has 0 unspecified atom stereocenters. The molecule has 0 amide bonds. The summed E-state index contributed by atoms with van der Waals surface area (Å²) in [5, 5.41) is 16.1. The maximum atomic E-state index is 11.9. The SMILES string of the molecule is COC(=O)Cc1c(C)nn(-c2ccccc2)c1-c1ccccc1[N+](=O)[O-]. The minimum atomic E-state index is -0.436. The van der Waals surface area contributed by atoms with Gasteiger partial charge in [-0.05, 0) is 25.1 Å². The van der Waals surface area contributed by atoms with Crippen LogP contribution in [0.15, 0.2) is 54.6 Å². The van der Waals surface area contributed by atoms with E-state index in [2.05, 4.69) is 5.10 Å². The standard InChI is InChI=1S/C19H17N3O4/c1-13-16(12-18(23)26-2)19(15-10-6-7-11-17(15)22(24)25)21(20-13)14-8-4-3-5-9-14/h3-11H,12H2,1-2H3. The second-order valence-corrected chi connectivity index (χ2v) is 5.69. The summed E-state index contributed by atoms with van der Waals surface area (Å²) in [7, 11) is 1.31. The molecule has 7 heteroatoms. The van der Waals surface area contributed by atoms with Crippen LogP contribution in [0, 0.1) is 17.0 Å². The highest BCUT2D eigenvalue weighted by Gasteiger charge is 2.25. The quantitative estimate of drug-likeness (QED) is 0.399. The van der Waals surface area contributed by atoms with Crippen LogP contribution in [0.2, 0.25) is 0 Å². The van der Waals surface area contributed by atoms with Crippen molar-refractivity contribution in [1.82, 2.24) is 9.78 Å². The number of benzene rings is 2. The Labute approximate surface area is 150 Å². The van der Waals surface area contributed by atoms with E-state index in [0.29, 0.717) is 22.5 Å². The molecule has 0 fully saturated rings. The van der Waals surface area contributed by atoms with Crippen molar-refractivity contribution in [2.75, 3.05) is 7.11 Å². The van der Waals surface area contributed by atoms with Gasteiger partial charge >= 0.3 is 5.97 Å². The van der Waals surface area contributed by atoms with E-state index in [1.54, 1.807) is 29.8 Å². The van der Waals surface area contributed by atoms with Gasteiger partial charge in [0, 0.05) is 11.6 Å². The van der Waals surface area contributed by atoms with Crippen LogP contribution in [-0.4, -0.2) is 27.8 Å². The third-order valence-electron chi connectivity index (χ3n) is 4.09. The van der Waals surface area contributed by atoms with Gasteiger partial charge < -0.3 is 4.74 Å². The van der Waals surface area contributed by atoms with Gasteiger partial charge in [0.05, 0.1) is 41.1 Å². The van der Waals surface area contributed by atoms with Crippen LogP contribution in [0.5, 0.6) is 0 Å². The van der Waals surface area contributed by atoms with Crippen molar-refractivity contribution >= 4 is 11.7 Å². The highest BCUT2D eigenvalue weighted by atomic mass is 16.6. The molecule has 132 valence electrons. The van der Waals surface area contributed by atoms with E-state index in [1.807, 2.05) is 30.3 Å². The maximum absolute atomic E-state index is 11.9. The Morgan fingerprint density at radius 1 is 1.15 bits per heavy atom. The van der Waals surface area contributed by atoms with Crippen molar-refractivity contribution < 1.29 is 14.5 Å². The lowest BCUT2D eigenvalue weighted by Gasteiger charge is -2.10. The predicted octanol–water partition coefficient (Wildman–Crippen LogP) is 3.47. The number of nitro benzene ring substituents is 1. The molecule has 1 heterocycles. The summed E-state index contributed by atoms with van der Waals surface area (Å²) in [6.07, 6.45) is -0.0173. The third kappa shape index (κ3) is 3.19.